The molecule has 5 heteroatoms. The van der Waals surface area contributed by atoms with Crippen LogP contribution in [0.2, 0.25) is 0 Å². The zero-order valence-corrected chi connectivity index (χ0v) is 15.5. The summed E-state index contributed by atoms with van der Waals surface area (Å²) < 4.78 is 5.27. The maximum Gasteiger partial charge on any atom is 0.109 e. The van der Waals surface area contributed by atoms with Gasteiger partial charge in [0.2, 0.25) is 0 Å². The number of piperidine rings is 1. The van der Waals surface area contributed by atoms with Crippen LogP contribution in [0.25, 0.3) is 0 Å². The number of likely N-dealkylation sites (tertiary alicyclic amines) is 1. The number of hydrogen-bond donors (Lipinski definition) is 0. The fourth-order valence-electron chi connectivity index (χ4n) is 3.79. The third-order valence-electron chi connectivity index (χ3n) is 4.93. The summed E-state index contributed by atoms with van der Waals surface area (Å²) >= 11 is 3.83. The molecule has 0 bridgehead atoms. The third kappa shape index (κ3) is 4.33. The molecule has 2 aliphatic heterocycles. The van der Waals surface area contributed by atoms with E-state index in [1.165, 1.54) is 64.0 Å². The molecule has 1 aromatic rings. The molecule has 0 N–H and O–H groups in total. The van der Waals surface area contributed by atoms with Crippen molar-refractivity contribution >= 4 is 40.0 Å². The van der Waals surface area contributed by atoms with Crippen LogP contribution in [0.15, 0.2) is 16.8 Å². The van der Waals surface area contributed by atoms with Crippen molar-refractivity contribution in [2.45, 2.75) is 38.1 Å². The number of hydrogen-bond acceptors (Lipinski definition) is 4. The Morgan fingerprint density at radius 1 is 1.29 bits per heavy atom. The van der Waals surface area contributed by atoms with Gasteiger partial charge in [-0.2, -0.15) is 11.3 Å². The molecule has 3 heterocycles. The Morgan fingerprint density at radius 3 is 3.05 bits per heavy atom. The second-order valence-electron chi connectivity index (χ2n) is 6.33. The van der Waals surface area contributed by atoms with Crippen molar-refractivity contribution in [2.24, 2.45) is 5.92 Å². The predicted molar refractivity (Wildman–Crippen MR) is 98.4 cm³/mol. The van der Waals surface area contributed by atoms with Gasteiger partial charge in [0.15, 0.2) is 0 Å². The van der Waals surface area contributed by atoms with E-state index in [9.17, 15) is 0 Å². The monoisotopic (exact) mass is 420 g/mol. The number of thiophene rings is 1. The molecule has 0 radical (unpaired) electrons. The Bertz CT molecular complexity index is 414. The first-order valence-corrected chi connectivity index (χ1v) is 9.94. The van der Waals surface area contributed by atoms with E-state index in [2.05, 4.69) is 26.6 Å². The van der Waals surface area contributed by atoms with Crippen LogP contribution in [0.5, 0.6) is 0 Å². The molecular formula is C16H25IN2OS. The van der Waals surface area contributed by atoms with Crippen molar-refractivity contribution in [2.75, 3.05) is 37.7 Å². The quantitative estimate of drug-likeness (QED) is 0.642. The first-order chi connectivity index (χ1) is 10.4. The summed E-state index contributed by atoms with van der Waals surface area (Å²) in [7, 11) is 0. The number of halogens is 1. The summed E-state index contributed by atoms with van der Waals surface area (Å²) in [5, 5.41) is 4.47. The predicted octanol–water partition coefficient (Wildman–Crippen LogP) is 4.19. The fraction of sp³-hybridized carbons (Fsp3) is 0.750. The normalized spacial score (nSPS) is 27.4. The van der Waals surface area contributed by atoms with Crippen LogP contribution in [0.1, 0.15) is 32.1 Å². The number of anilines is 1. The van der Waals surface area contributed by atoms with Gasteiger partial charge in [-0.3, -0.25) is 4.90 Å². The van der Waals surface area contributed by atoms with E-state index in [0.29, 0.717) is 0 Å². The van der Waals surface area contributed by atoms with E-state index in [4.69, 9.17) is 3.07 Å². The zero-order valence-electron chi connectivity index (χ0n) is 12.5. The Morgan fingerprint density at radius 2 is 2.24 bits per heavy atom. The van der Waals surface area contributed by atoms with Crippen molar-refractivity contribution in [3.05, 3.63) is 16.8 Å². The molecule has 0 saturated carbocycles. The average molecular weight is 420 g/mol. The first-order valence-electron chi connectivity index (χ1n) is 8.11. The van der Waals surface area contributed by atoms with Crippen LogP contribution in [0.3, 0.4) is 0 Å². The van der Waals surface area contributed by atoms with Gasteiger partial charge in [0.25, 0.3) is 0 Å². The van der Waals surface area contributed by atoms with E-state index in [-0.39, 0.29) is 0 Å². The van der Waals surface area contributed by atoms with Crippen molar-refractivity contribution in [1.82, 2.24) is 4.90 Å². The SMILES string of the molecule is IOCC[C@@H]1CCCCN1C[C@H]1CCN(c2ccsc2)C1. The van der Waals surface area contributed by atoms with Crippen LogP contribution in [0, 0.1) is 5.92 Å². The molecule has 21 heavy (non-hydrogen) atoms. The van der Waals surface area contributed by atoms with Crippen LogP contribution >= 0.6 is 34.3 Å². The Balaban J connectivity index is 1.51. The van der Waals surface area contributed by atoms with Gasteiger partial charge in [-0.05, 0) is 49.6 Å². The minimum absolute atomic E-state index is 0.753. The van der Waals surface area contributed by atoms with Gasteiger partial charge < -0.3 is 7.97 Å². The molecule has 3 rings (SSSR count). The van der Waals surface area contributed by atoms with Crippen LogP contribution < -0.4 is 4.90 Å². The van der Waals surface area contributed by atoms with E-state index in [1.54, 1.807) is 11.3 Å². The fourth-order valence-corrected chi connectivity index (χ4v) is 4.71. The summed E-state index contributed by atoms with van der Waals surface area (Å²) in [6, 6.07) is 3.01. The molecule has 2 aliphatic rings. The minimum atomic E-state index is 0.753. The van der Waals surface area contributed by atoms with Gasteiger partial charge in [0.05, 0.1) is 6.61 Å². The van der Waals surface area contributed by atoms with Gasteiger partial charge in [0.1, 0.15) is 23.0 Å². The summed E-state index contributed by atoms with van der Waals surface area (Å²) in [6.07, 6.45) is 6.68. The minimum Gasteiger partial charge on any atom is -0.371 e. The molecule has 118 valence electrons. The molecule has 2 saturated heterocycles. The summed E-state index contributed by atoms with van der Waals surface area (Å²) in [6.45, 7) is 5.94. The van der Waals surface area contributed by atoms with Crippen molar-refractivity contribution in [1.29, 1.82) is 0 Å². The summed E-state index contributed by atoms with van der Waals surface area (Å²) in [5.41, 5.74) is 1.43. The Hall–Kier alpha value is 0.150. The van der Waals surface area contributed by atoms with Gasteiger partial charge in [0, 0.05) is 36.7 Å². The molecular weight excluding hydrogens is 395 g/mol. The van der Waals surface area contributed by atoms with Gasteiger partial charge in [-0.15, -0.1) is 0 Å². The van der Waals surface area contributed by atoms with Crippen LogP contribution in [0.4, 0.5) is 5.69 Å². The molecule has 3 nitrogen and oxygen atoms in total. The Kier molecular flexibility index (Phi) is 6.20. The van der Waals surface area contributed by atoms with Crippen LogP contribution in [-0.2, 0) is 3.07 Å². The zero-order chi connectivity index (χ0) is 14.5. The molecule has 0 unspecified atom stereocenters. The molecule has 1 aromatic heterocycles. The van der Waals surface area contributed by atoms with E-state index >= 15 is 0 Å². The molecule has 0 spiro atoms. The van der Waals surface area contributed by atoms with Crippen molar-refractivity contribution < 1.29 is 3.07 Å². The average Bonchev–Trinajstić information content (AvgIpc) is 3.17. The lowest BCUT2D eigenvalue weighted by Crippen LogP contribution is -2.43. The molecule has 0 amide bonds. The highest BCUT2D eigenvalue weighted by molar-refractivity contribution is 14.1. The smallest absolute Gasteiger partial charge is 0.109 e. The van der Waals surface area contributed by atoms with Gasteiger partial charge in [-0.25, -0.2) is 0 Å². The lowest BCUT2D eigenvalue weighted by Gasteiger charge is -2.37. The topological polar surface area (TPSA) is 15.7 Å². The van der Waals surface area contributed by atoms with Crippen LogP contribution in [-0.4, -0.2) is 43.7 Å². The van der Waals surface area contributed by atoms with E-state index in [0.717, 1.165) is 18.6 Å². The number of rotatable bonds is 6. The number of nitrogens with zero attached hydrogens (tertiary/aromatic N) is 2. The van der Waals surface area contributed by atoms with E-state index in [1.807, 2.05) is 23.0 Å². The van der Waals surface area contributed by atoms with Gasteiger partial charge >= 0.3 is 0 Å². The maximum absolute atomic E-state index is 5.27. The van der Waals surface area contributed by atoms with Crippen molar-refractivity contribution in [3.8, 4) is 0 Å². The lowest BCUT2D eigenvalue weighted by atomic mass is 9.97. The Labute approximate surface area is 146 Å². The molecule has 0 aliphatic carbocycles. The first kappa shape index (κ1) is 16.0. The van der Waals surface area contributed by atoms with Crippen molar-refractivity contribution in [3.63, 3.8) is 0 Å². The lowest BCUT2D eigenvalue weighted by molar-refractivity contribution is 0.114. The maximum atomic E-state index is 5.27. The van der Waals surface area contributed by atoms with E-state index < -0.39 is 0 Å². The largest absolute Gasteiger partial charge is 0.371 e. The third-order valence-corrected chi connectivity index (χ3v) is 6.04. The highest BCUT2D eigenvalue weighted by atomic mass is 127. The standard InChI is InChI=1S/C16H25IN2OS/c17-20-9-5-15-3-1-2-7-18(15)11-14-4-8-19(12-14)16-6-10-21-13-16/h6,10,13-15H,1-5,7-9,11-12H2/t14-,15+/m1/s1. The van der Waals surface area contributed by atoms with Gasteiger partial charge in [-0.1, -0.05) is 6.42 Å². The second-order valence-corrected chi connectivity index (χ2v) is 7.73. The molecule has 2 fully saturated rings. The molecule has 0 aromatic carbocycles. The summed E-state index contributed by atoms with van der Waals surface area (Å²) in [4.78, 5) is 5.31. The highest BCUT2D eigenvalue weighted by Crippen LogP contribution is 2.28. The summed E-state index contributed by atoms with van der Waals surface area (Å²) in [5.74, 6) is 0.839. The molecule has 2 atom stereocenters. The highest BCUT2D eigenvalue weighted by Gasteiger charge is 2.29. The second kappa shape index (κ2) is 8.13.